The standard InChI is InChI=1S/C13H17BrN2OS/c1-16(7-10(14)9-17-2)8-13-15-11-5-3-4-6-12(11)18-13/h3-6,10H,7-9H2,1-2H3. The maximum atomic E-state index is 5.12. The van der Waals surface area contributed by atoms with Crippen LogP contribution in [-0.2, 0) is 11.3 Å². The topological polar surface area (TPSA) is 25.4 Å². The summed E-state index contributed by atoms with van der Waals surface area (Å²) in [5.41, 5.74) is 1.10. The molecule has 1 unspecified atom stereocenters. The van der Waals surface area contributed by atoms with Crippen LogP contribution in [0.3, 0.4) is 0 Å². The molecule has 2 rings (SSSR count). The Morgan fingerprint density at radius 1 is 1.44 bits per heavy atom. The van der Waals surface area contributed by atoms with Crippen LogP contribution in [0.2, 0.25) is 0 Å². The summed E-state index contributed by atoms with van der Waals surface area (Å²) < 4.78 is 6.37. The van der Waals surface area contributed by atoms with Gasteiger partial charge in [-0.05, 0) is 19.2 Å². The van der Waals surface area contributed by atoms with E-state index in [-0.39, 0.29) is 0 Å². The van der Waals surface area contributed by atoms with Crippen molar-refractivity contribution in [2.24, 2.45) is 0 Å². The first kappa shape index (κ1) is 13.9. The molecule has 0 aliphatic heterocycles. The van der Waals surface area contributed by atoms with Gasteiger partial charge >= 0.3 is 0 Å². The van der Waals surface area contributed by atoms with Gasteiger partial charge in [0.1, 0.15) is 5.01 Å². The lowest BCUT2D eigenvalue weighted by Crippen LogP contribution is -2.27. The van der Waals surface area contributed by atoms with E-state index in [0.717, 1.165) is 30.2 Å². The highest BCUT2D eigenvalue weighted by Crippen LogP contribution is 2.22. The second-order valence-electron chi connectivity index (χ2n) is 4.32. The van der Waals surface area contributed by atoms with Gasteiger partial charge < -0.3 is 4.74 Å². The van der Waals surface area contributed by atoms with Crippen molar-refractivity contribution in [2.45, 2.75) is 11.4 Å². The molecule has 0 amide bonds. The van der Waals surface area contributed by atoms with Gasteiger partial charge in [-0.2, -0.15) is 0 Å². The molecule has 3 nitrogen and oxygen atoms in total. The number of aromatic nitrogens is 1. The van der Waals surface area contributed by atoms with Crippen molar-refractivity contribution in [3.63, 3.8) is 0 Å². The second-order valence-corrected chi connectivity index (χ2v) is 6.73. The molecule has 0 aliphatic carbocycles. The predicted molar refractivity (Wildman–Crippen MR) is 80.5 cm³/mol. The van der Waals surface area contributed by atoms with Crippen LogP contribution in [0.25, 0.3) is 10.2 Å². The zero-order chi connectivity index (χ0) is 13.0. The van der Waals surface area contributed by atoms with Crippen molar-refractivity contribution >= 4 is 37.5 Å². The molecule has 0 saturated carbocycles. The lowest BCUT2D eigenvalue weighted by atomic mass is 10.3. The monoisotopic (exact) mass is 328 g/mol. The molecule has 1 aromatic heterocycles. The summed E-state index contributed by atoms with van der Waals surface area (Å²) in [5.74, 6) is 0. The Kier molecular flexibility index (Phi) is 5.12. The van der Waals surface area contributed by atoms with Crippen LogP contribution in [0.4, 0.5) is 0 Å². The number of benzene rings is 1. The number of alkyl halides is 1. The van der Waals surface area contributed by atoms with Crippen molar-refractivity contribution in [3.05, 3.63) is 29.3 Å². The molecule has 0 N–H and O–H groups in total. The Hall–Kier alpha value is -0.490. The average molecular weight is 329 g/mol. The van der Waals surface area contributed by atoms with Crippen molar-refractivity contribution in [1.29, 1.82) is 0 Å². The third-order valence-corrected chi connectivity index (χ3v) is 4.18. The Labute approximate surface area is 120 Å². The fraction of sp³-hybridized carbons (Fsp3) is 0.462. The number of ether oxygens (including phenoxy) is 1. The summed E-state index contributed by atoms with van der Waals surface area (Å²) in [4.78, 5) is 7.26. The van der Waals surface area contributed by atoms with E-state index in [9.17, 15) is 0 Å². The number of halogens is 1. The molecule has 18 heavy (non-hydrogen) atoms. The van der Waals surface area contributed by atoms with Crippen LogP contribution in [-0.4, -0.2) is 42.0 Å². The highest BCUT2D eigenvalue weighted by Gasteiger charge is 2.10. The molecule has 1 atom stereocenters. The molecule has 0 radical (unpaired) electrons. The van der Waals surface area contributed by atoms with Crippen molar-refractivity contribution < 1.29 is 4.74 Å². The minimum absolute atomic E-state index is 0.363. The zero-order valence-corrected chi connectivity index (χ0v) is 13.0. The third-order valence-electron chi connectivity index (χ3n) is 2.60. The Morgan fingerprint density at radius 3 is 2.94 bits per heavy atom. The Bertz CT molecular complexity index is 469. The van der Waals surface area contributed by atoms with Gasteiger partial charge in [0, 0.05) is 13.7 Å². The summed E-state index contributed by atoms with van der Waals surface area (Å²) in [7, 11) is 3.83. The first-order valence-electron chi connectivity index (χ1n) is 5.85. The van der Waals surface area contributed by atoms with Gasteiger partial charge in [0.2, 0.25) is 0 Å². The van der Waals surface area contributed by atoms with Gasteiger partial charge in [-0.3, -0.25) is 4.90 Å². The first-order valence-corrected chi connectivity index (χ1v) is 7.58. The van der Waals surface area contributed by atoms with Crippen molar-refractivity contribution in [1.82, 2.24) is 9.88 Å². The molecule has 0 bridgehead atoms. The number of thiazole rings is 1. The average Bonchev–Trinajstić information content (AvgIpc) is 2.70. The lowest BCUT2D eigenvalue weighted by Gasteiger charge is -2.18. The van der Waals surface area contributed by atoms with Crippen molar-refractivity contribution in [2.75, 3.05) is 27.3 Å². The first-order chi connectivity index (χ1) is 8.69. The second kappa shape index (κ2) is 6.61. The van der Waals surface area contributed by atoms with Gasteiger partial charge in [0.05, 0.1) is 28.2 Å². The van der Waals surface area contributed by atoms with Crippen LogP contribution < -0.4 is 0 Å². The molecule has 2 aromatic rings. The zero-order valence-electron chi connectivity index (χ0n) is 10.6. The Balaban J connectivity index is 1.96. The number of rotatable bonds is 6. The number of nitrogens with zero attached hydrogens (tertiary/aromatic N) is 2. The Morgan fingerprint density at radius 2 is 2.22 bits per heavy atom. The molecule has 1 aromatic carbocycles. The lowest BCUT2D eigenvalue weighted by molar-refractivity contribution is 0.185. The van der Waals surface area contributed by atoms with E-state index in [0.29, 0.717) is 4.83 Å². The summed E-state index contributed by atoms with van der Waals surface area (Å²) in [6, 6.07) is 8.27. The quantitative estimate of drug-likeness (QED) is 0.762. The molecule has 0 spiro atoms. The number of hydrogen-bond acceptors (Lipinski definition) is 4. The molecule has 98 valence electrons. The van der Waals surface area contributed by atoms with E-state index >= 15 is 0 Å². The van der Waals surface area contributed by atoms with E-state index in [1.165, 1.54) is 4.70 Å². The largest absolute Gasteiger partial charge is 0.383 e. The fourth-order valence-electron chi connectivity index (χ4n) is 1.85. The summed E-state index contributed by atoms with van der Waals surface area (Å²) in [6.07, 6.45) is 0. The van der Waals surface area contributed by atoms with Gasteiger partial charge in [-0.25, -0.2) is 4.98 Å². The van der Waals surface area contributed by atoms with Crippen LogP contribution >= 0.6 is 27.3 Å². The number of methoxy groups -OCH3 is 1. The van der Waals surface area contributed by atoms with Gasteiger partial charge in [-0.1, -0.05) is 28.1 Å². The minimum Gasteiger partial charge on any atom is -0.383 e. The van der Waals surface area contributed by atoms with Crippen LogP contribution in [0.5, 0.6) is 0 Å². The van der Waals surface area contributed by atoms with E-state index < -0.39 is 0 Å². The summed E-state index contributed by atoms with van der Waals surface area (Å²) in [5, 5.41) is 1.16. The maximum absolute atomic E-state index is 5.12. The van der Waals surface area contributed by atoms with E-state index in [2.05, 4.69) is 51.1 Å². The normalized spacial score (nSPS) is 13.3. The van der Waals surface area contributed by atoms with Gasteiger partial charge in [-0.15, -0.1) is 11.3 Å². The molecule has 0 saturated heterocycles. The molecule has 0 fully saturated rings. The van der Waals surface area contributed by atoms with Crippen molar-refractivity contribution in [3.8, 4) is 0 Å². The van der Waals surface area contributed by atoms with E-state index in [4.69, 9.17) is 4.74 Å². The molecular formula is C13H17BrN2OS. The summed E-state index contributed by atoms with van der Waals surface area (Å²) in [6.45, 7) is 2.55. The smallest absolute Gasteiger partial charge is 0.108 e. The molecule has 5 heteroatoms. The van der Waals surface area contributed by atoms with E-state index in [1.807, 2.05) is 6.07 Å². The van der Waals surface area contributed by atoms with Crippen LogP contribution in [0.1, 0.15) is 5.01 Å². The number of fused-ring (bicyclic) bond motifs is 1. The summed E-state index contributed by atoms with van der Waals surface area (Å²) >= 11 is 5.37. The minimum atomic E-state index is 0.363. The van der Waals surface area contributed by atoms with E-state index in [1.54, 1.807) is 18.4 Å². The molecule has 0 aliphatic rings. The molecule has 1 heterocycles. The van der Waals surface area contributed by atoms with Crippen LogP contribution in [0, 0.1) is 0 Å². The van der Waals surface area contributed by atoms with Gasteiger partial charge in [0.25, 0.3) is 0 Å². The highest BCUT2D eigenvalue weighted by atomic mass is 79.9. The third kappa shape index (κ3) is 3.75. The number of para-hydroxylation sites is 1. The maximum Gasteiger partial charge on any atom is 0.108 e. The number of hydrogen-bond donors (Lipinski definition) is 0. The van der Waals surface area contributed by atoms with Crippen LogP contribution in [0.15, 0.2) is 24.3 Å². The predicted octanol–water partition coefficient (Wildman–Crippen LogP) is 3.14. The van der Waals surface area contributed by atoms with Gasteiger partial charge in [0.15, 0.2) is 0 Å². The highest BCUT2D eigenvalue weighted by molar-refractivity contribution is 9.09. The SMILES string of the molecule is COCC(Br)CN(C)Cc1nc2ccccc2s1. The molecular weight excluding hydrogens is 312 g/mol. The fourth-order valence-corrected chi connectivity index (χ4v) is 3.66.